The SMILES string of the molecule is C=C1C=C(Oc2ccccc2)C=CC1[N+](=O)[O-]. The topological polar surface area (TPSA) is 52.4 Å². The summed E-state index contributed by atoms with van der Waals surface area (Å²) < 4.78 is 5.54. The molecule has 1 aromatic rings. The molecule has 2 rings (SSSR count). The van der Waals surface area contributed by atoms with Crippen LogP contribution in [0.4, 0.5) is 0 Å². The minimum absolute atomic E-state index is 0.380. The van der Waals surface area contributed by atoms with E-state index in [0.717, 1.165) is 0 Å². The van der Waals surface area contributed by atoms with Gasteiger partial charge in [-0.3, -0.25) is 10.1 Å². The van der Waals surface area contributed by atoms with E-state index >= 15 is 0 Å². The normalized spacial score (nSPS) is 18.7. The molecule has 0 radical (unpaired) electrons. The van der Waals surface area contributed by atoms with Gasteiger partial charge in [0.1, 0.15) is 11.5 Å². The van der Waals surface area contributed by atoms with Crippen molar-refractivity contribution in [1.29, 1.82) is 0 Å². The van der Waals surface area contributed by atoms with E-state index in [1.54, 1.807) is 12.2 Å². The number of hydrogen-bond donors (Lipinski definition) is 0. The molecule has 1 unspecified atom stereocenters. The van der Waals surface area contributed by atoms with Crippen LogP contribution in [-0.2, 0) is 0 Å². The molecule has 1 aromatic carbocycles. The highest BCUT2D eigenvalue weighted by molar-refractivity contribution is 5.38. The molecule has 0 heterocycles. The lowest BCUT2D eigenvalue weighted by Crippen LogP contribution is -2.20. The molecule has 0 spiro atoms. The second-order valence-corrected chi connectivity index (χ2v) is 3.63. The number of rotatable bonds is 3. The van der Waals surface area contributed by atoms with E-state index < -0.39 is 6.04 Å². The molecule has 0 N–H and O–H groups in total. The first-order chi connectivity index (χ1) is 8.16. The Hall–Kier alpha value is -2.36. The van der Waals surface area contributed by atoms with Gasteiger partial charge in [0.2, 0.25) is 0 Å². The van der Waals surface area contributed by atoms with Gasteiger partial charge in [-0.2, -0.15) is 0 Å². The molecule has 1 aliphatic rings. The zero-order valence-electron chi connectivity index (χ0n) is 9.08. The molecule has 0 fully saturated rings. The maximum Gasteiger partial charge on any atom is 0.256 e. The van der Waals surface area contributed by atoms with Crippen molar-refractivity contribution in [3.8, 4) is 5.75 Å². The Morgan fingerprint density at radius 2 is 2.00 bits per heavy atom. The van der Waals surface area contributed by atoms with Crippen LogP contribution in [0.5, 0.6) is 5.75 Å². The van der Waals surface area contributed by atoms with Crippen LogP contribution in [0.3, 0.4) is 0 Å². The van der Waals surface area contributed by atoms with Crippen molar-refractivity contribution in [3.63, 3.8) is 0 Å². The van der Waals surface area contributed by atoms with Crippen LogP contribution in [0.15, 0.2) is 66.5 Å². The maximum absolute atomic E-state index is 10.7. The molecule has 0 saturated heterocycles. The highest BCUT2D eigenvalue weighted by Crippen LogP contribution is 2.20. The van der Waals surface area contributed by atoms with Gasteiger partial charge in [0.25, 0.3) is 6.04 Å². The van der Waals surface area contributed by atoms with Gasteiger partial charge < -0.3 is 4.74 Å². The van der Waals surface area contributed by atoms with E-state index in [4.69, 9.17) is 4.74 Å². The lowest BCUT2D eigenvalue weighted by Gasteiger charge is -2.13. The monoisotopic (exact) mass is 229 g/mol. The van der Waals surface area contributed by atoms with E-state index in [1.165, 1.54) is 6.08 Å². The average molecular weight is 229 g/mol. The number of nitro groups is 1. The average Bonchev–Trinajstić information content (AvgIpc) is 2.30. The Labute approximate surface area is 98.7 Å². The third-order valence-electron chi connectivity index (χ3n) is 2.36. The van der Waals surface area contributed by atoms with Gasteiger partial charge in [-0.05, 0) is 30.4 Å². The van der Waals surface area contributed by atoms with Crippen LogP contribution >= 0.6 is 0 Å². The molecule has 1 aliphatic carbocycles. The summed E-state index contributed by atoms with van der Waals surface area (Å²) in [4.78, 5) is 10.3. The molecule has 0 amide bonds. The number of nitrogens with zero attached hydrogens (tertiary/aromatic N) is 1. The van der Waals surface area contributed by atoms with Crippen molar-refractivity contribution >= 4 is 0 Å². The minimum atomic E-state index is -0.849. The summed E-state index contributed by atoms with van der Waals surface area (Å²) in [5.74, 6) is 1.25. The molecule has 4 nitrogen and oxygen atoms in total. The van der Waals surface area contributed by atoms with Gasteiger partial charge in [0, 0.05) is 10.5 Å². The fourth-order valence-electron chi connectivity index (χ4n) is 1.52. The highest BCUT2D eigenvalue weighted by atomic mass is 16.6. The summed E-state index contributed by atoms with van der Waals surface area (Å²) in [6, 6.07) is 8.39. The van der Waals surface area contributed by atoms with Gasteiger partial charge in [-0.1, -0.05) is 24.8 Å². The van der Waals surface area contributed by atoms with Crippen LogP contribution in [-0.4, -0.2) is 11.0 Å². The zero-order valence-corrected chi connectivity index (χ0v) is 9.08. The van der Waals surface area contributed by atoms with Crippen LogP contribution in [0.25, 0.3) is 0 Å². The van der Waals surface area contributed by atoms with Crippen molar-refractivity contribution in [2.45, 2.75) is 6.04 Å². The van der Waals surface area contributed by atoms with Crippen molar-refractivity contribution < 1.29 is 9.66 Å². The molecule has 0 aliphatic heterocycles. The van der Waals surface area contributed by atoms with Gasteiger partial charge >= 0.3 is 0 Å². The molecule has 0 saturated carbocycles. The van der Waals surface area contributed by atoms with Crippen molar-refractivity contribution in [3.05, 3.63) is 76.6 Å². The van der Waals surface area contributed by atoms with Crippen LogP contribution < -0.4 is 4.74 Å². The van der Waals surface area contributed by atoms with Gasteiger partial charge in [0.05, 0.1) is 0 Å². The second-order valence-electron chi connectivity index (χ2n) is 3.63. The van der Waals surface area contributed by atoms with Gasteiger partial charge in [-0.25, -0.2) is 0 Å². The third-order valence-corrected chi connectivity index (χ3v) is 2.36. The van der Waals surface area contributed by atoms with E-state index in [9.17, 15) is 10.1 Å². The Balaban J connectivity index is 2.11. The zero-order chi connectivity index (χ0) is 12.3. The fourth-order valence-corrected chi connectivity index (χ4v) is 1.52. The lowest BCUT2D eigenvalue weighted by atomic mass is 10.0. The maximum atomic E-state index is 10.7. The smallest absolute Gasteiger partial charge is 0.256 e. The molecule has 1 atom stereocenters. The van der Waals surface area contributed by atoms with E-state index in [-0.39, 0.29) is 4.92 Å². The third kappa shape index (κ3) is 2.60. The summed E-state index contributed by atoms with van der Waals surface area (Å²) in [6.45, 7) is 3.66. The van der Waals surface area contributed by atoms with Gasteiger partial charge in [-0.15, -0.1) is 0 Å². The second kappa shape index (κ2) is 4.65. The molecular weight excluding hydrogens is 218 g/mol. The fraction of sp³-hybridized carbons (Fsp3) is 0.0769. The first-order valence-corrected chi connectivity index (χ1v) is 5.12. The summed E-state index contributed by atoms with van der Waals surface area (Å²) in [7, 11) is 0. The molecular formula is C13H11NO3. The Morgan fingerprint density at radius 1 is 1.29 bits per heavy atom. The number of benzene rings is 1. The largest absolute Gasteiger partial charge is 0.457 e. The Kier molecular flexibility index (Phi) is 3.05. The predicted octanol–water partition coefficient (Wildman–Crippen LogP) is 2.72. The molecule has 0 aromatic heterocycles. The molecule has 86 valence electrons. The summed E-state index contributed by atoms with van der Waals surface area (Å²) in [5, 5.41) is 10.7. The Bertz CT molecular complexity index is 503. The molecule has 0 bridgehead atoms. The van der Waals surface area contributed by atoms with E-state index in [0.29, 0.717) is 17.1 Å². The van der Waals surface area contributed by atoms with Crippen LogP contribution in [0.1, 0.15) is 0 Å². The summed E-state index contributed by atoms with van der Waals surface area (Å²) in [6.07, 6.45) is 4.65. The summed E-state index contributed by atoms with van der Waals surface area (Å²) >= 11 is 0. The van der Waals surface area contributed by atoms with Crippen LogP contribution in [0.2, 0.25) is 0 Å². The van der Waals surface area contributed by atoms with Crippen LogP contribution in [0, 0.1) is 10.1 Å². The molecule has 4 heteroatoms. The Morgan fingerprint density at radius 3 is 2.59 bits per heavy atom. The van der Waals surface area contributed by atoms with Gasteiger partial charge in [0.15, 0.2) is 0 Å². The quantitative estimate of drug-likeness (QED) is 0.591. The lowest BCUT2D eigenvalue weighted by molar-refractivity contribution is -0.498. The first kappa shape index (κ1) is 11.1. The first-order valence-electron chi connectivity index (χ1n) is 5.12. The van der Waals surface area contributed by atoms with Crippen molar-refractivity contribution in [2.24, 2.45) is 0 Å². The number of para-hydroxylation sites is 1. The number of hydrogen-bond acceptors (Lipinski definition) is 3. The van der Waals surface area contributed by atoms with E-state index in [2.05, 4.69) is 6.58 Å². The van der Waals surface area contributed by atoms with E-state index in [1.807, 2.05) is 30.3 Å². The molecule has 17 heavy (non-hydrogen) atoms. The standard InChI is InChI=1S/C13H11NO3/c1-10-9-12(7-8-13(10)14(15)16)17-11-5-3-2-4-6-11/h2-9,13H,1H2. The number of ether oxygens (including phenoxy) is 1. The van der Waals surface area contributed by atoms with Crippen molar-refractivity contribution in [2.75, 3.05) is 0 Å². The highest BCUT2D eigenvalue weighted by Gasteiger charge is 2.22. The minimum Gasteiger partial charge on any atom is -0.457 e. The predicted molar refractivity (Wildman–Crippen MR) is 64.2 cm³/mol. The number of allylic oxidation sites excluding steroid dienone is 1. The summed E-state index contributed by atoms with van der Waals surface area (Å²) in [5.41, 5.74) is 0.420. The van der Waals surface area contributed by atoms with Crippen molar-refractivity contribution in [1.82, 2.24) is 0 Å².